The van der Waals surface area contributed by atoms with E-state index in [0.29, 0.717) is 22.8 Å². The lowest BCUT2D eigenvalue weighted by Crippen LogP contribution is -2.08. The Hall–Kier alpha value is -3.40. The van der Waals surface area contributed by atoms with Gasteiger partial charge in [0.15, 0.2) is 0 Å². The fourth-order valence-corrected chi connectivity index (χ4v) is 2.98. The summed E-state index contributed by atoms with van der Waals surface area (Å²) in [5.74, 6) is 0.206. The van der Waals surface area contributed by atoms with Crippen LogP contribution < -0.4 is 4.74 Å². The number of esters is 2. The van der Waals surface area contributed by atoms with E-state index in [4.69, 9.17) is 9.47 Å². The normalized spacial score (nSPS) is 11.6. The fourth-order valence-electron chi connectivity index (χ4n) is 2.98. The first-order valence-electron chi connectivity index (χ1n) is 9.62. The summed E-state index contributed by atoms with van der Waals surface area (Å²) in [7, 11) is 1.36. The molecule has 3 rings (SSSR count). The molecule has 4 nitrogen and oxygen atoms in total. The Kier molecular flexibility index (Phi) is 6.45. The molecule has 0 fully saturated rings. The van der Waals surface area contributed by atoms with E-state index in [1.165, 1.54) is 12.7 Å². The summed E-state index contributed by atoms with van der Waals surface area (Å²) < 4.78 is 10.2. The maximum absolute atomic E-state index is 12.4. The van der Waals surface area contributed by atoms with Crippen molar-refractivity contribution in [3.8, 4) is 16.9 Å². The van der Waals surface area contributed by atoms with E-state index in [2.05, 4.69) is 13.8 Å². The molecule has 0 spiro atoms. The summed E-state index contributed by atoms with van der Waals surface area (Å²) in [4.78, 5) is 23.9. The Balaban J connectivity index is 1.67. The van der Waals surface area contributed by atoms with Crippen LogP contribution in [0.1, 0.15) is 52.5 Å². The van der Waals surface area contributed by atoms with Crippen molar-refractivity contribution in [3.63, 3.8) is 0 Å². The summed E-state index contributed by atoms with van der Waals surface area (Å²) in [5.41, 5.74) is 4.16. The van der Waals surface area contributed by atoms with Gasteiger partial charge in [-0.1, -0.05) is 50.2 Å². The molecule has 0 saturated carbocycles. The van der Waals surface area contributed by atoms with Crippen LogP contribution in [0.3, 0.4) is 0 Å². The van der Waals surface area contributed by atoms with Crippen LogP contribution in [0.15, 0.2) is 72.8 Å². The minimum absolute atomic E-state index is 0.365. The van der Waals surface area contributed by atoms with E-state index in [-0.39, 0.29) is 11.9 Å². The minimum atomic E-state index is -0.379. The Bertz CT molecular complexity index is 971. The summed E-state index contributed by atoms with van der Waals surface area (Å²) in [5, 5.41) is 0. The van der Waals surface area contributed by atoms with E-state index in [9.17, 15) is 9.59 Å². The average Bonchev–Trinajstić information content (AvgIpc) is 2.78. The summed E-state index contributed by atoms with van der Waals surface area (Å²) in [6.45, 7) is 4.31. The molecule has 0 heterocycles. The quantitative estimate of drug-likeness (QED) is 0.391. The van der Waals surface area contributed by atoms with Gasteiger partial charge >= 0.3 is 11.9 Å². The number of benzene rings is 3. The van der Waals surface area contributed by atoms with Crippen molar-refractivity contribution in [1.82, 2.24) is 0 Å². The van der Waals surface area contributed by atoms with Gasteiger partial charge in [0, 0.05) is 0 Å². The molecule has 1 unspecified atom stereocenters. The molecule has 0 radical (unpaired) electrons. The monoisotopic (exact) mass is 388 g/mol. The first-order valence-corrected chi connectivity index (χ1v) is 9.62. The number of ether oxygens (including phenoxy) is 2. The predicted molar refractivity (Wildman–Crippen MR) is 113 cm³/mol. The third-order valence-electron chi connectivity index (χ3n) is 5.03. The van der Waals surface area contributed by atoms with Crippen LogP contribution in [0, 0.1) is 0 Å². The van der Waals surface area contributed by atoms with Gasteiger partial charge in [-0.2, -0.15) is 0 Å². The number of rotatable bonds is 6. The van der Waals surface area contributed by atoms with Gasteiger partial charge in [0.05, 0.1) is 18.2 Å². The van der Waals surface area contributed by atoms with Gasteiger partial charge < -0.3 is 9.47 Å². The van der Waals surface area contributed by atoms with E-state index in [0.717, 1.165) is 17.5 Å². The Morgan fingerprint density at radius 3 is 1.76 bits per heavy atom. The third-order valence-corrected chi connectivity index (χ3v) is 5.03. The van der Waals surface area contributed by atoms with Crippen molar-refractivity contribution in [2.24, 2.45) is 0 Å². The molecule has 4 heteroatoms. The number of hydrogen-bond acceptors (Lipinski definition) is 4. The molecule has 0 bridgehead atoms. The molecular weight excluding hydrogens is 364 g/mol. The zero-order valence-electron chi connectivity index (χ0n) is 16.8. The van der Waals surface area contributed by atoms with E-state index in [1.54, 1.807) is 36.4 Å². The van der Waals surface area contributed by atoms with Gasteiger partial charge in [-0.05, 0) is 65.4 Å². The Morgan fingerprint density at radius 2 is 1.24 bits per heavy atom. The smallest absolute Gasteiger partial charge is 0.343 e. The third kappa shape index (κ3) is 4.91. The van der Waals surface area contributed by atoms with Gasteiger partial charge in [-0.3, -0.25) is 0 Å². The van der Waals surface area contributed by atoms with Crippen LogP contribution in [-0.4, -0.2) is 19.0 Å². The topological polar surface area (TPSA) is 52.6 Å². The lowest BCUT2D eigenvalue weighted by Gasteiger charge is -2.10. The highest BCUT2D eigenvalue weighted by Gasteiger charge is 2.11. The molecule has 29 heavy (non-hydrogen) atoms. The zero-order chi connectivity index (χ0) is 20.8. The van der Waals surface area contributed by atoms with Crippen LogP contribution in [0.5, 0.6) is 5.75 Å². The van der Waals surface area contributed by atoms with Crippen LogP contribution in [0.25, 0.3) is 11.1 Å². The van der Waals surface area contributed by atoms with E-state index >= 15 is 0 Å². The van der Waals surface area contributed by atoms with Crippen molar-refractivity contribution in [3.05, 3.63) is 89.5 Å². The number of carbonyl (C=O) groups excluding carboxylic acids is 2. The second kappa shape index (κ2) is 9.20. The molecule has 0 aliphatic carbocycles. The first-order chi connectivity index (χ1) is 14.0. The van der Waals surface area contributed by atoms with E-state index in [1.807, 2.05) is 36.4 Å². The van der Waals surface area contributed by atoms with Gasteiger partial charge in [-0.15, -0.1) is 0 Å². The molecular formula is C25H24O4. The van der Waals surface area contributed by atoms with E-state index < -0.39 is 0 Å². The van der Waals surface area contributed by atoms with Crippen molar-refractivity contribution < 1.29 is 19.1 Å². The van der Waals surface area contributed by atoms with Gasteiger partial charge in [-0.25, -0.2) is 9.59 Å². The van der Waals surface area contributed by atoms with Crippen LogP contribution in [-0.2, 0) is 4.74 Å². The molecule has 0 aliphatic heterocycles. The minimum Gasteiger partial charge on any atom is -0.465 e. The standard InChI is InChI=1S/C25H24O4/c1-4-17(2)18-5-9-22(10-6-18)25(27)29-23-15-13-20(14-16-23)19-7-11-21(12-8-19)24(26)28-3/h5-17H,4H2,1-3H3. The van der Waals surface area contributed by atoms with Gasteiger partial charge in [0.25, 0.3) is 0 Å². The lowest BCUT2D eigenvalue weighted by molar-refractivity contribution is 0.0600. The Morgan fingerprint density at radius 1 is 0.759 bits per heavy atom. The van der Waals surface area contributed by atoms with Gasteiger partial charge in [0.1, 0.15) is 5.75 Å². The summed E-state index contributed by atoms with van der Waals surface area (Å²) >= 11 is 0. The largest absolute Gasteiger partial charge is 0.465 e. The van der Waals surface area contributed by atoms with Crippen molar-refractivity contribution >= 4 is 11.9 Å². The van der Waals surface area contributed by atoms with Crippen molar-refractivity contribution in [1.29, 1.82) is 0 Å². The van der Waals surface area contributed by atoms with Crippen molar-refractivity contribution in [2.45, 2.75) is 26.2 Å². The lowest BCUT2D eigenvalue weighted by atomic mass is 9.98. The van der Waals surface area contributed by atoms with Crippen LogP contribution in [0.4, 0.5) is 0 Å². The van der Waals surface area contributed by atoms with Gasteiger partial charge in [0.2, 0.25) is 0 Å². The molecule has 0 N–H and O–H groups in total. The van der Waals surface area contributed by atoms with Crippen molar-refractivity contribution in [2.75, 3.05) is 7.11 Å². The Labute approximate surface area is 171 Å². The fraction of sp³-hybridized carbons (Fsp3) is 0.200. The molecule has 0 aliphatic rings. The molecule has 0 amide bonds. The zero-order valence-corrected chi connectivity index (χ0v) is 16.8. The predicted octanol–water partition coefficient (Wildman–Crippen LogP) is 5.87. The molecule has 3 aromatic carbocycles. The second-order valence-electron chi connectivity index (χ2n) is 6.91. The highest BCUT2D eigenvalue weighted by Crippen LogP contribution is 2.24. The van der Waals surface area contributed by atoms with Crippen LogP contribution in [0.2, 0.25) is 0 Å². The highest BCUT2D eigenvalue weighted by molar-refractivity contribution is 5.91. The summed E-state index contributed by atoms with van der Waals surface area (Å²) in [6, 6.07) is 22.0. The molecule has 1 atom stereocenters. The molecule has 3 aromatic rings. The maximum Gasteiger partial charge on any atom is 0.343 e. The number of methoxy groups -OCH3 is 1. The second-order valence-corrected chi connectivity index (χ2v) is 6.91. The molecule has 0 aromatic heterocycles. The summed E-state index contributed by atoms with van der Waals surface area (Å²) in [6.07, 6.45) is 1.06. The first kappa shape index (κ1) is 20.3. The number of hydrogen-bond donors (Lipinski definition) is 0. The molecule has 0 saturated heterocycles. The average molecular weight is 388 g/mol. The highest BCUT2D eigenvalue weighted by atomic mass is 16.5. The number of carbonyl (C=O) groups is 2. The molecule has 148 valence electrons. The van der Waals surface area contributed by atoms with Crippen LogP contribution >= 0.6 is 0 Å². The maximum atomic E-state index is 12.4. The SMILES string of the molecule is CCC(C)c1ccc(C(=O)Oc2ccc(-c3ccc(C(=O)OC)cc3)cc2)cc1.